The highest BCUT2D eigenvalue weighted by molar-refractivity contribution is 5.96. The number of likely N-dealkylation sites (N-methyl/N-ethyl adjacent to an activating group) is 1. The van der Waals surface area contributed by atoms with E-state index in [1.807, 2.05) is 33.0 Å². The predicted octanol–water partition coefficient (Wildman–Crippen LogP) is 2.73. The summed E-state index contributed by atoms with van der Waals surface area (Å²) < 4.78 is 0. The molecule has 0 aliphatic heterocycles. The third kappa shape index (κ3) is 6.02. The first-order valence-corrected chi connectivity index (χ1v) is 9.44. The van der Waals surface area contributed by atoms with Crippen molar-refractivity contribution in [2.75, 3.05) is 26.0 Å². The Kier molecular flexibility index (Phi) is 7.45. The molecule has 2 N–H and O–H groups in total. The Hall–Kier alpha value is -2.08. The second-order valence-corrected chi connectivity index (χ2v) is 7.45. The van der Waals surface area contributed by atoms with Crippen LogP contribution in [0.5, 0.6) is 0 Å². The average Bonchev–Trinajstić information content (AvgIpc) is 2.62. The van der Waals surface area contributed by atoms with Crippen LogP contribution in [0.15, 0.2) is 24.3 Å². The molecule has 1 aliphatic carbocycles. The molecule has 6 nitrogen and oxygen atoms in total. The van der Waals surface area contributed by atoms with Crippen molar-refractivity contribution in [3.63, 3.8) is 0 Å². The molecule has 1 atom stereocenters. The molecular weight excluding hydrogens is 328 g/mol. The molecule has 3 amide bonds. The summed E-state index contributed by atoms with van der Waals surface area (Å²) in [6, 6.07) is 7.67. The van der Waals surface area contributed by atoms with Crippen molar-refractivity contribution in [3.05, 3.63) is 29.8 Å². The summed E-state index contributed by atoms with van der Waals surface area (Å²) >= 11 is 0. The molecule has 1 aliphatic rings. The van der Waals surface area contributed by atoms with Gasteiger partial charge in [-0.25, -0.2) is 4.79 Å². The van der Waals surface area contributed by atoms with Gasteiger partial charge in [-0.3, -0.25) is 15.0 Å². The van der Waals surface area contributed by atoms with E-state index >= 15 is 0 Å². The summed E-state index contributed by atoms with van der Waals surface area (Å²) in [7, 11) is 5.90. The second kappa shape index (κ2) is 9.57. The number of amides is 3. The number of nitrogens with zero attached hydrogens (tertiary/aromatic N) is 2. The SMILES string of the molecule is C[C@@H](C(=O)NC(=O)NC1CCCCC1)N(C)Cc1ccc(N(C)C)cc1. The highest BCUT2D eigenvalue weighted by Crippen LogP contribution is 2.17. The van der Waals surface area contributed by atoms with Gasteiger partial charge in [-0.15, -0.1) is 0 Å². The molecule has 0 radical (unpaired) electrons. The highest BCUT2D eigenvalue weighted by Gasteiger charge is 2.22. The van der Waals surface area contributed by atoms with E-state index in [1.54, 1.807) is 0 Å². The van der Waals surface area contributed by atoms with Gasteiger partial charge in [-0.2, -0.15) is 0 Å². The summed E-state index contributed by atoms with van der Waals surface area (Å²) in [6.45, 7) is 2.46. The topological polar surface area (TPSA) is 64.7 Å². The number of carbonyl (C=O) groups is 2. The Morgan fingerprint density at radius 1 is 1.08 bits per heavy atom. The maximum absolute atomic E-state index is 12.3. The lowest BCUT2D eigenvalue weighted by molar-refractivity contribution is -0.124. The maximum Gasteiger partial charge on any atom is 0.321 e. The van der Waals surface area contributed by atoms with Gasteiger partial charge in [-0.05, 0) is 44.5 Å². The first-order valence-electron chi connectivity index (χ1n) is 9.44. The largest absolute Gasteiger partial charge is 0.378 e. The van der Waals surface area contributed by atoms with E-state index in [0.717, 1.165) is 36.9 Å². The molecule has 0 bridgehead atoms. The van der Waals surface area contributed by atoms with E-state index < -0.39 is 0 Å². The van der Waals surface area contributed by atoms with Crippen LogP contribution in [0.2, 0.25) is 0 Å². The molecule has 1 saturated carbocycles. The minimum atomic E-state index is -0.388. The zero-order valence-electron chi connectivity index (χ0n) is 16.4. The third-order valence-electron chi connectivity index (χ3n) is 5.10. The van der Waals surface area contributed by atoms with Gasteiger partial charge < -0.3 is 10.2 Å². The van der Waals surface area contributed by atoms with Gasteiger partial charge in [0.15, 0.2) is 0 Å². The number of carbonyl (C=O) groups excluding carboxylic acids is 2. The highest BCUT2D eigenvalue weighted by atomic mass is 16.2. The monoisotopic (exact) mass is 360 g/mol. The number of benzene rings is 1. The predicted molar refractivity (Wildman–Crippen MR) is 105 cm³/mol. The van der Waals surface area contributed by atoms with Crippen molar-refractivity contribution in [1.82, 2.24) is 15.5 Å². The molecule has 26 heavy (non-hydrogen) atoms. The van der Waals surface area contributed by atoms with Crippen LogP contribution in [0, 0.1) is 0 Å². The molecule has 0 spiro atoms. The van der Waals surface area contributed by atoms with E-state index in [-0.39, 0.29) is 24.0 Å². The average molecular weight is 361 g/mol. The van der Waals surface area contributed by atoms with Crippen molar-refractivity contribution in [2.24, 2.45) is 0 Å². The molecule has 1 fully saturated rings. The smallest absolute Gasteiger partial charge is 0.321 e. The molecule has 0 aromatic heterocycles. The van der Waals surface area contributed by atoms with Gasteiger partial charge >= 0.3 is 6.03 Å². The Bertz CT molecular complexity index is 594. The van der Waals surface area contributed by atoms with Gasteiger partial charge in [0.1, 0.15) is 0 Å². The molecule has 1 aromatic rings. The lowest BCUT2D eigenvalue weighted by Gasteiger charge is -2.25. The number of nitrogens with one attached hydrogen (secondary N) is 2. The number of hydrogen-bond donors (Lipinski definition) is 2. The van der Waals surface area contributed by atoms with Crippen LogP contribution in [-0.2, 0) is 11.3 Å². The van der Waals surface area contributed by atoms with Crippen LogP contribution in [-0.4, -0.2) is 50.1 Å². The standard InChI is InChI=1S/C20H32N4O2/c1-15(19(25)22-20(26)21-17-8-6-5-7-9-17)24(4)14-16-10-12-18(13-11-16)23(2)3/h10-13,15,17H,5-9,14H2,1-4H3,(H2,21,22,25,26)/t15-/m0/s1. The first kappa shape index (κ1) is 20.2. The van der Waals surface area contributed by atoms with Crippen LogP contribution in [0.1, 0.15) is 44.6 Å². The van der Waals surface area contributed by atoms with Crippen LogP contribution in [0.3, 0.4) is 0 Å². The minimum Gasteiger partial charge on any atom is -0.378 e. The molecule has 6 heteroatoms. The zero-order valence-corrected chi connectivity index (χ0v) is 16.4. The van der Waals surface area contributed by atoms with Crippen molar-refractivity contribution in [3.8, 4) is 0 Å². The molecule has 1 aromatic carbocycles. The molecular formula is C20H32N4O2. The molecule has 0 unspecified atom stereocenters. The van der Waals surface area contributed by atoms with Gasteiger partial charge in [0, 0.05) is 32.4 Å². The van der Waals surface area contributed by atoms with E-state index in [0.29, 0.717) is 6.54 Å². The lowest BCUT2D eigenvalue weighted by Crippen LogP contribution is -2.50. The van der Waals surface area contributed by atoms with Crippen molar-refractivity contribution in [2.45, 2.75) is 57.7 Å². The summed E-state index contributed by atoms with van der Waals surface area (Å²) in [5.74, 6) is -0.272. The van der Waals surface area contributed by atoms with Gasteiger partial charge in [0.05, 0.1) is 6.04 Å². The zero-order chi connectivity index (χ0) is 19.1. The van der Waals surface area contributed by atoms with Gasteiger partial charge in [0.25, 0.3) is 0 Å². The van der Waals surface area contributed by atoms with Crippen molar-refractivity contribution < 1.29 is 9.59 Å². The van der Waals surface area contributed by atoms with E-state index in [9.17, 15) is 9.59 Å². The van der Waals surface area contributed by atoms with Crippen LogP contribution >= 0.6 is 0 Å². The van der Waals surface area contributed by atoms with Crippen LogP contribution < -0.4 is 15.5 Å². The lowest BCUT2D eigenvalue weighted by atomic mass is 9.96. The first-order chi connectivity index (χ1) is 12.4. The summed E-state index contributed by atoms with van der Waals surface area (Å²) in [4.78, 5) is 28.4. The summed E-state index contributed by atoms with van der Waals surface area (Å²) in [5.41, 5.74) is 2.27. The Morgan fingerprint density at radius 3 is 2.27 bits per heavy atom. The van der Waals surface area contributed by atoms with Gasteiger partial charge in [0.2, 0.25) is 5.91 Å². The van der Waals surface area contributed by atoms with E-state index in [4.69, 9.17) is 0 Å². The third-order valence-corrected chi connectivity index (χ3v) is 5.10. The van der Waals surface area contributed by atoms with Crippen molar-refractivity contribution >= 4 is 17.6 Å². The molecule has 0 heterocycles. The minimum absolute atomic E-state index is 0.194. The van der Waals surface area contributed by atoms with Crippen LogP contribution in [0.4, 0.5) is 10.5 Å². The Morgan fingerprint density at radius 2 is 1.69 bits per heavy atom. The summed E-state index contributed by atoms with van der Waals surface area (Å²) in [5, 5.41) is 5.40. The fraction of sp³-hybridized carbons (Fsp3) is 0.600. The maximum atomic E-state index is 12.3. The fourth-order valence-electron chi connectivity index (χ4n) is 3.21. The van der Waals surface area contributed by atoms with Gasteiger partial charge in [-0.1, -0.05) is 31.4 Å². The number of rotatable bonds is 6. The van der Waals surface area contributed by atoms with Crippen LogP contribution in [0.25, 0.3) is 0 Å². The fourth-order valence-corrected chi connectivity index (χ4v) is 3.21. The van der Waals surface area contributed by atoms with E-state index in [2.05, 4.69) is 39.8 Å². The molecule has 2 rings (SSSR count). The number of urea groups is 1. The number of anilines is 1. The Balaban J connectivity index is 1.81. The second-order valence-electron chi connectivity index (χ2n) is 7.45. The normalized spacial score (nSPS) is 16.2. The Labute approximate surface area is 156 Å². The molecule has 144 valence electrons. The molecule has 0 saturated heterocycles. The quantitative estimate of drug-likeness (QED) is 0.819. The number of imide groups is 1. The van der Waals surface area contributed by atoms with Crippen molar-refractivity contribution in [1.29, 1.82) is 0 Å². The van der Waals surface area contributed by atoms with E-state index in [1.165, 1.54) is 6.42 Å². The number of hydrogen-bond acceptors (Lipinski definition) is 4. The summed E-state index contributed by atoms with van der Waals surface area (Å²) in [6.07, 6.45) is 5.52.